The minimum Gasteiger partial charge on any atom is -0.457 e. The molecular formula is C26H24N2O6S. The number of nitrogens with one attached hydrogen (secondary N) is 1. The van der Waals surface area contributed by atoms with E-state index in [0.717, 1.165) is 9.79 Å². The van der Waals surface area contributed by atoms with Gasteiger partial charge in [0.2, 0.25) is 5.91 Å². The van der Waals surface area contributed by atoms with Crippen molar-refractivity contribution in [3.8, 4) is 0 Å². The molecule has 8 nitrogen and oxygen atoms in total. The molecule has 3 aromatic rings. The van der Waals surface area contributed by atoms with Crippen LogP contribution in [0.2, 0.25) is 0 Å². The van der Waals surface area contributed by atoms with Gasteiger partial charge in [-0.2, -0.15) is 0 Å². The molecule has 0 fully saturated rings. The number of non-ortho nitro benzene ring substituents is 1. The molecule has 0 heterocycles. The Morgan fingerprint density at radius 1 is 0.886 bits per heavy atom. The number of aryl methyl sites for hydroxylation is 1. The molecule has 0 bridgehead atoms. The number of nitro groups is 1. The Kier molecular flexibility index (Phi) is 9.14. The number of esters is 1. The molecule has 0 aliphatic rings. The number of hydrogen-bond donors (Lipinski definition) is 1. The van der Waals surface area contributed by atoms with E-state index in [4.69, 9.17) is 4.74 Å². The Labute approximate surface area is 206 Å². The maximum absolute atomic E-state index is 12.2. The van der Waals surface area contributed by atoms with E-state index in [2.05, 4.69) is 29.6 Å². The SMILES string of the molecule is Cc1ccc(Sc2ccc(NC(=O)CCCC(=O)OCC(=O)c3ccc([N+](=O)[O-])cc3)cc2)cc1. The summed E-state index contributed by atoms with van der Waals surface area (Å²) in [4.78, 5) is 48.3. The third kappa shape index (κ3) is 8.38. The van der Waals surface area contributed by atoms with Crippen molar-refractivity contribution >= 4 is 40.8 Å². The summed E-state index contributed by atoms with van der Waals surface area (Å²) >= 11 is 1.63. The van der Waals surface area contributed by atoms with Crippen LogP contribution in [0.5, 0.6) is 0 Å². The van der Waals surface area contributed by atoms with E-state index in [1.165, 1.54) is 29.8 Å². The third-order valence-corrected chi connectivity index (χ3v) is 5.96. The lowest BCUT2D eigenvalue weighted by atomic mass is 10.1. The quantitative estimate of drug-likeness (QED) is 0.161. The van der Waals surface area contributed by atoms with Gasteiger partial charge in [-0.15, -0.1) is 0 Å². The summed E-state index contributed by atoms with van der Waals surface area (Å²) in [6, 6.07) is 20.8. The van der Waals surface area contributed by atoms with Crippen LogP contribution in [-0.4, -0.2) is 29.2 Å². The first-order chi connectivity index (χ1) is 16.8. The number of nitro benzene ring substituents is 1. The van der Waals surface area contributed by atoms with Crippen LogP contribution in [0.25, 0.3) is 0 Å². The number of ketones is 1. The molecule has 180 valence electrons. The predicted octanol–water partition coefficient (Wildman–Crippen LogP) is 5.59. The highest BCUT2D eigenvalue weighted by molar-refractivity contribution is 7.99. The summed E-state index contributed by atoms with van der Waals surface area (Å²) in [5, 5.41) is 13.4. The van der Waals surface area contributed by atoms with Crippen molar-refractivity contribution in [3.05, 3.63) is 94.0 Å². The number of nitrogens with zero attached hydrogens (tertiary/aromatic N) is 1. The van der Waals surface area contributed by atoms with Gasteiger partial charge >= 0.3 is 5.97 Å². The predicted molar refractivity (Wildman–Crippen MR) is 133 cm³/mol. The van der Waals surface area contributed by atoms with Crippen LogP contribution < -0.4 is 5.32 Å². The molecule has 1 N–H and O–H groups in total. The number of carbonyl (C=O) groups is 3. The molecule has 0 saturated heterocycles. The molecule has 3 aromatic carbocycles. The number of hydrogen-bond acceptors (Lipinski definition) is 7. The Hall–Kier alpha value is -3.98. The number of carbonyl (C=O) groups excluding carboxylic acids is 3. The van der Waals surface area contributed by atoms with E-state index in [1.54, 1.807) is 11.8 Å². The Morgan fingerprint density at radius 3 is 2.09 bits per heavy atom. The van der Waals surface area contributed by atoms with Crippen molar-refractivity contribution in [2.75, 3.05) is 11.9 Å². The van der Waals surface area contributed by atoms with Gasteiger partial charge in [-0.3, -0.25) is 24.5 Å². The summed E-state index contributed by atoms with van der Waals surface area (Å²) in [5.74, 6) is -1.28. The first kappa shape index (κ1) is 25.6. The zero-order valence-electron chi connectivity index (χ0n) is 19.1. The van der Waals surface area contributed by atoms with E-state index < -0.39 is 23.3 Å². The topological polar surface area (TPSA) is 116 Å². The van der Waals surface area contributed by atoms with Crippen molar-refractivity contribution in [2.24, 2.45) is 0 Å². The van der Waals surface area contributed by atoms with Crippen LogP contribution in [-0.2, 0) is 14.3 Å². The molecule has 0 atom stereocenters. The van der Waals surface area contributed by atoms with Gasteiger partial charge in [-0.1, -0.05) is 29.5 Å². The summed E-state index contributed by atoms with van der Waals surface area (Å²) < 4.78 is 4.95. The number of ether oxygens (including phenoxy) is 1. The maximum atomic E-state index is 12.2. The van der Waals surface area contributed by atoms with Gasteiger partial charge in [-0.25, -0.2) is 0 Å². The Morgan fingerprint density at radius 2 is 1.49 bits per heavy atom. The molecule has 0 spiro atoms. The van der Waals surface area contributed by atoms with Crippen molar-refractivity contribution in [1.29, 1.82) is 0 Å². The minimum atomic E-state index is -0.592. The fourth-order valence-corrected chi connectivity index (χ4v) is 3.85. The number of amides is 1. The zero-order chi connectivity index (χ0) is 25.2. The second-order valence-electron chi connectivity index (χ2n) is 7.73. The minimum absolute atomic E-state index is 0.00686. The first-order valence-corrected chi connectivity index (χ1v) is 11.7. The summed E-state index contributed by atoms with van der Waals surface area (Å²) in [7, 11) is 0. The lowest BCUT2D eigenvalue weighted by Gasteiger charge is -2.07. The molecule has 1 amide bonds. The lowest BCUT2D eigenvalue weighted by molar-refractivity contribution is -0.384. The Balaban J connectivity index is 1.35. The van der Waals surface area contributed by atoms with Gasteiger partial charge in [0.25, 0.3) is 5.69 Å². The van der Waals surface area contributed by atoms with Crippen molar-refractivity contribution in [3.63, 3.8) is 0 Å². The van der Waals surface area contributed by atoms with E-state index in [0.29, 0.717) is 5.69 Å². The van der Waals surface area contributed by atoms with Crippen LogP contribution in [0, 0.1) is 17.0 Å². The van der Waals surface area contributed by atoms with Crippen LogP contribution in [0.4, 0.5) is 11.4 Å². The highest BCUT2D eigenvalue weighted by Gasteiger charge is 2.13. The van der Waals surface area contributed by atoms with Gasteiger partial charge in [0.15, 0.2) is 12.4 Å². The summed E-state index contributed by atoms with van der Waals surface area (Å²) in [6.07, 6.45) is 0.399. The maximum Gasteiger partial charge on any atom is 0.306 e. The summed E-state index contributed by atoms with van der Waals surface area (Å²) in [6.45, 7) is 1.58. The number of Topliss-reactive ketones (excluding diaryl/α,β-unsaturated/α-hetero) is 1. The average molecular weight is 493 g/mol. The molecule has 0 saturated carbocycles. The largest absolute Gasteiger partial charge is 0.457 e. The van der Waals surface area contributed by atoms with Gasteiger partial charge in [0, 0.05) is 46.0 Å². The molecule has 0 unspecified atom stereocenters. The fourth-order valence-electron chi connectivity index (χ4n) is 3.04. The average Bonchev–Trinajstić information content (AvgIpc) is 2.85. The molecule has 3 rings (SSSR count). The van der Waals surface area contributed by atoms with Gasteiger partial charge in [0.1, 0.15) is 0 Å². The number of anilines is 1. The van der Waals surface area contributed by atoms with Gasteiger partial charge in [0.05, 0.1) is 4.92 Å². The van der Waals surface area contributed by atoms with E-state index in [1.807, 2.05) is 31.2 Å². The molecule has 0 aliphatic carbocycles. The van der Waals surface area contributed by atoms with Crippen LogP contribution in [0.1, 0.15) is 35.2 Å². The fraction of sp³-hybridized carbons (Fsp3) is 0.192. The number of rotatable bonds is 11. The van der Waals surface area contributed by atoms with Crippen molar-refractivity contribution in [1.82, 2.24) is 0 Å². The molecule has 35 heavy (non-hydrogen) atoms. The normalized spacial score (nSPS) is 10.4. The van der Waals surface area contributed by atoms with Gasteiger partial charge in [-0.05, 0) is 61.9 Å². The van der Waals surface area contributed by atoms with E-state index in [9.17, 15) is 24.5 Å². The second kappa shape index (κ2) is 12.5. The monoisotopic (exact) mass is 492 g/mol. The van der Waals surface area contributed by atoms with Gasteiger partial charge < -0.3 is 10.1 Å². The van der Waals surface area contributed by atoms with Crippen molar-refractivity contribution < 1.29 is 24.0 Å². The standard InChI is InChI=1S/C26H24N2O6S/c1-18-5-13-22(14-6-18)35-23-15-9-20(10-16-23)27-25(30)3-2-4-26(31)34-17-24(29)19-7-11-21(12-8-19)28(32)33/h5-16H,2-4,17H2,1H3,(H,27,30). The second-order valence-corrected chi connectivity index (χ2v) is 8.88. The lowest BCUT2D eigenvalue weighted by Crippen LogP contribution is -2.15. The van der Waals surface area contributed by atoms with Crippen molar-refractivity contribution in [2.45, 2.75) is 36.0 Å². The smallest absolute Gasteiger partial charge is 0.306 e. The third-order valence-electron chi connectivity index (χ3n) is 4.94. The van der Waals surface area contributed by atoms with Crippen LogP contribution >= 0.6 is 11.8 Å². The Bertz CT molecular complexity index is 1190. The molecule has 0 aromatic heterocycles. The molecule has 0 radical (unpaired) electrons. The first-order valence-electron chi connectivity index (χ1n) is 10.9. The van der Waals surface area contributed by atoms with Crippen LogP contribution in [0.15, 0.2) is 82.6 Å². The highest BCUT2D eigenvalue weighted by Crippen LogP contribution is 2.28. The zero-order valence-corrected chi connectivity index (χ0v) is 19.9. The van der Waals surface area contributed by atoms with Crippen LogP contribution in [0.3, 0.4) is 0 Å². The number of benzene rings is 3. The van der Waals surface area contributed by atoms with E-state index >= 15 is 0 Å². The molecule has 0 aliphatic heterocycles. The van der Waals surface area contributed by atoms with E-state index in [-0.39, 0.29) is 36.4 Å². The molecular weight excluding hydrogens is 468 g/mol. The molecule has 9 heteroatoms. The summed E-state index contributed by atoms with van der Waals surface area (Å²) in [5.41, 5.74) is 1.95. The highest BCUT2D eigenvalue weighted by atomic mass is 32.2.